The van der Waals surface area contributed by atoms with Crippen LogP contribution in [0, 0.1) is 0 Å². The fraction of sp³-hybridized carbons (Fsp3) is 0.464. The van der Waals surface area contributed by atoms with Crippen molar-refractivity contribution in [2.24, 2.45) is 10.7 Å². The molecule has 1 aromatic carbocycles. The summed E-state index contributed by atoms with van der Waals surface area (Å²) in [5.74, 6) is 0.314. The number of amidine groups is 1. The Morgan fingerprint density at radius 1 is 1.16 bits per heavy atom. The van der Waals surface area contributed by atoms with Crippen LogP contribution >= 0.6 is 23.2 Å². The Balaban J connectivity index is 1.63. The first-order valence-corrected chi connectivity index (χ1v) is 13.9. The molecule has 1 saturated carbocycles. The largest absolute Gasteiger partial charge is 0.480 e. The summed E-state index contributed by atoms with van der Waals surface area (Å²) in [7, 11) is 1.62. The second-order valence-corrected chi connectivity index (χ2v) is 10.8. The quantitative estimate of drug-likeness (QED) is 0.437. The number of amides is 2. The van der Waals surface area contributed by atoms with Crippen molar-refractivity contribution in [2.45, 2.75) is 64.5 Å². The summed E-state index contributed by atoms with van der Waals surface area (Å²) in [5, 5.41) is 4.42. The van der Waals surface area contributed by atoms with E-state index in [1.807, 2.05) is 6.92 Å². The van der Waals surface area contributed by atoms with E-state index in [-0.39, 0.29) is 36.0 Å². The van der Waals surface area contributed by atoms with E-state index in [2.05, 4.69) is 5.32 Å². The van der Waals surface area contributed by atoms with Crippen LogP contribution in [-0.2, 0) is 20.9 Å². The van der Waals surface area contributed by atoms with Gasteiger partial charge in [0, 0.05) is 34.8 Å². The van der Waals surface area contributed by atoms with Crippen LogP contribution in [0.25, 0.3) is 0 Å². The van der Waals surface area contributed by atoms with E-state index in [1.54, 1.807) is 43.7 Å². The number of nitrogens with one attached hydrogen (secondary N) is 1. The van der Waals surface area contributed by atoms with Gasteiger partial charge in [-0.25, -0.2) is 4.79 Å². The third-order valence-corrected chi connectivity index (χ3v) is 8.03. The molecule has 1 atom stereocenters. The van der Waals surface area contributed by atoms with Gasteiger partial charge in [-0.2, -0.15) is 9.48 Å². The number of quaternary nitrogens is 1. The van der Waals surface area contributed by atoms with Crippen molar-refractivity contribution in [3.63, 3.8) is 0 Å². The molecule has 1 aromatic rings. The SMILES string of the molecule is CC1=C[N+]2(C(=O)CNC3CCCCCCC3)C=CC(N(C)C(=O)CN)=C(OCc3c(Cl)cccc3Cl)C2=N1. The maximum absolute atomic E-state index is 13.9. The average Bonchev–Trinajstić information content (AvgIpc) is 3.24. The molecule has 0 spiro atoms. The average molecular weight is 562 g/mol. The van der Waals surface area contributed by atoms with Crippen LogP contribution in [0.1, 0.15) is 57.4 Å². The van der Waals surface area contributed by atoms with Gasteiger partial charge in [-0.05, 0) is 31.9 Å². The Hall–Kier alpha value is -2.49. The highest BCUT2D eigenvalue weighted by atomic mass is 35.5. The van der Waals surface area contributed by atoms with E-state index in [9.17, 15) is 9.59 Å². The number of halogens is 2. The number of likely N-dealkylation sites (N-methyl/N-ethyl adjacent to an activating group) is 1. The number of carbonyl (C=O) groups excluding carboxylic acids is 2. The number of fused-ring (bicyclic) bond motifs is 1. The number of allylic oxidation sites excluding steroid dienone is 2. The van der Waals surface area contributed by atoms with Crippen LogP contribution in [-0.4, -0.2) is 53.2 Å². The summed E-state index contributed by atoms with van der Waals surface area (Å²) in [4.78, 5) is 32.5. The van der Waals surface area contributed by atoms with Gasteiger partial charge >= 0.3 is 5.91 Å². The summed E-state index contributed by atoms with van der Waals surface area (Å²) >= 11 is 12.8. The van der Waals surface area contributed by atoms with E-state index in [4.69, 9.17) is 38.7 Å². The number of nitrogens with zero attached hydrogens (tertiary/aromatic N) is 3. The molecule has 1 unspecified atom stereocenters. The van der Waals surface area contributed by atoms with Gasteiger partial charge < -0.3 is 20.7 Å². The third-order valence-electron chi connectivity index (χ3n) is 7.32. The zero-order valence-electron chi connectivity index (χ0n) is 22.0. The predicted octanol–water partition coefficient (Wildman–Crippen LogP) is 4.99. The Labute approximate surface area is 234 Å². The lowest BCUT2D eigenvalue weighted by Gasteiger charge is -2.32. The third kappa shape index (κ3) is 6.05. The first-order chi connectivity index (χ1) is 18.3. The maximum Gasteiger partial charge on any atom is 0.343 e. The van der Waals surface area contributed by atoms with Crippen molar-refractivity contribution in [2.75, 3.05) is 20.1 Å². The molecule has 3 N–H and O–H groups in total. The molecule has 0 bridgehead atoms. The molecule has 0 aromatic heterocycles. The fourth-order valence-electron chi connectivity index (χ4n) is 5.13. The zero-order chi connectivity index (χ0) is 27.3. The fourth-order valence-corrected chi connectivity index (χ4v) is 5.64. The molecule has 4 rings (SSSR count). The maximum atomic E-state index is 13.9. The molecule has 2 aliphatic heterocycles. The molecule has 3 aliphatic rings. The summed E-state index contributed by atoms with van der Waals surface area (Å²) in [6.45, 7) is 1.88. The highest BCUT2D eigenvalue weighted by Crippen LogP contribution is 2.35. The standard InChI is InChI=1S/C28H36Cl2N5O3/c1-19-17-35(26(37)16-32-20-9-6-4-3-5-7-10-20)14-13-24(34(2)25(36)15-31)27(28(35)33-19)38-18-21-22(29)11-8-12-23(21)30/h8,11-14,17,20,32H,3-7,9-10,15-16,18,31H2,1-2H3/q+1. The molecule has 0 saturated heterocycles. The van der Waals surface area contributed by atoms with Crippen molar-refractivity contribution in [3.05, 3.63) is 69.4 Å². The summed E-state index contributed by atoms with van der Waals surface area (Å²) < 4.78 is 6.06. The van der Waals surface area contributed by atoms with Crippen LogP contribution in [0.3, 0.4) is 0 Å². The van der Waals surface area contributed by atoms with Gasteiger partial charge in [0.25, 0.3) is 5.84 Å². The second-order valence-electron chi connectivity index (χ2n) is 9.98. The predicted molar refractivity (Wildman–Crippen MR) is 150 cm³/mol. The van der Waals surface area contributed by atoms with E-state index in [0.29, 0.717) is 44.6 Å². The molecule has 38 heavy (non-hydrogen) atoms. The Morgan fingerprint density at radius 2 is 1.82 bits per heavy atom. The minimum Gasteiger partial charge on any atom is -0.480 e. The molecule has 2 amide bonds. The first kappa shape index (κ1) is 28.5. The normalized spacial score (nSPS) is 21.8. The molecular weight excluding hydrogens is 525 g/mol. The molecule has 1 aliphatic carbocycles. The van der Waals surface area contributed by atoms with E-state index < -0.39 is 0 Å². The molecule has 10 heteroatoms. The lowest BCUT2D eigenvalue weighted by Crippen LogP contribution is -2.54. The monoisotopic (exact) mass is 560 g/mol. The smallest absolute Gasteiger partial charge is 0.343 e. The number of hydrogen-bond donors (Lipinski definition) is 2. The van der Waals surface area contributed by atoms with Crippen LogP contribution in [0.4, 0.5) is 0 Å². The van der Waals surface area contributed by atoms with Crippen LogP contribution in [0.2, 0.25) is 10.0 Å². The molecular formula is C28H36Cl2N5O3+. The molecule has 0 radical (unpaired) electrons. The molecule has 204 valence electrons. The number of hydrogen-bond acceptors (Lipinski definition) is 6. The second kappa shape index (κ2) is 12.6. The van der Waals surface area contributed by atoms with Gasteiger partial charge in [0.05, 0.1) is 17.9 Å². The highest BCUT2D eigenvalue weighted by Gasteiger charge is 2.49. The summed E-state index contributed by atoms with van der Waals surface area (Å²) in [6, 6.07) is 5.54. The van der Waals surface area contributed by atoms with Gasteiger partial charge in [-0.3, -0.25) is 4.79 Å². The molecule has 2 heterocycles. The summed E-state index contributed by atoms with van der Waals surface area (Å²) in [6.07, 6.45) is 13.5. The van der Waals surface area contributed by atoms with Gasteiger partial charge in [0.15, 0.2) is 0 Å². The Bertz CT molecular complexity index is 1180. The van der Waals surface area contributed by atoms with Crippen molar-refractivity contribution in [1.82, 2.24) is 10.2 Å². The Morgan fingerprint density at radius 3 is 2.47 bits per heavy atom. The van der Waals surface area contributed by atoms with Crippen molar-refractivity contribution in [1.29, 1.82) is 0 Å². The number of carbonyl (C=O) groups is 2. The van der Waals surface area contributed by atoms with E-state index >= 15 is 0 Å². The van der Waals surface area contributed by atoms with Crippen LogP contribution in [0.15, 0.2) is 58.8 Å². The zero-order valence-corrected chi connectivity index (χ0v) is 23.5. The van der Waals surface area contributed by atoms with E-state index in [0.717, 1.165) is 12.8 Å². The van der Waals surface area contributed by atoms with Gasteiger partial charge in [0.1, 0.15) is 25.6 Å². The van der Waals surface area contributed by atoms with Crippen LogP contribution < -0.4 is 11.1 Å². The summed E-state index contributed by atoms with van der Waals surface area (Å²) in [5.41, 5.74) is 7.38. The van der Waals surface area contributed by atoms with Crippen molar-refractivity contribution >= 4 is 40.9 Å². The lowest BCUT2D eigenvalue weighted by molar-refractivity contribution is -0.646. The van der Waals surface area contributed by atoms with Crippen molar-refractivity contribution < 1.29 is 18.8 Å². The van der Waals surface area contributed by atoms with Gasteiger partial charge in [0.2, 0.25) is 11.7 Å². The number of rotatable bonds is 8. The van der Waals surface area contributed by atoms with Crippen molar-refractivity contribution in [3.8, 4) is 0 Å². The Kier molecular flexibility index (Phi) is 9.44. The topological polar surface area (TPSA) is 97.0 Å². The minimum atomic E-state index is -0.304. The molecule has 1 fully saturated rings. The molecule has 8 nitrogen and oxygen atoms in total. The highest BCUT2D eigenvalue weighted by molar-refractivity contribution is 6.35. The number of aliphatic imine (C=N–C) groups is 1. The van der Waals surface area contributed by atoms with Crippen LogP contribution in [0.5, 0.6) is 0 Å². The van der Waals surface area contributed by atoms with Gasteiger partial charge in [-0.1, -0.05) is 61.4 Å². The van der Waals surface area contributed by atoms with E-state index in [1.165, 1.54) is 37.0 Å². The number of ether oxygens (including phenoxy) is 1. The number of benzene rings is 1. The first-order valence-electron chi connectivity index (χ1n) is 13.2. The lowest BCUT2D eigenvalue weighted by atomic mass is 9.97. The minimum absolute atomic E-state index is 0.0302. The number of nitrogens with two attached hydrogens (primary N) is 1. The van der Waals surface area contributed by atoms with Gasteiger partial charge in [-0.15, -0.1) is 0 Å².